The van der Waals surface area contributed by atoms with Crippen molar-refractivity contribution in [2.75, 3.05) is 0 Å². The summed E-state index contributed by atoms with van der Waals surface area (Å²) in [6, 6.07) is 2.69. The fourth-order valence-corrected chi connectivity index (χ4v) is 1.16. The molecule has 1 aromatic carbocycles. The van der Waals surface area contributed by atoms with Crippen molar-refractivity contribution in [3.8, 4) is 0 Å². The normalized spacial score (nSPS) is 12.9. The van der Waals surface area contributed by atoms with E-state index in [2.05, 4.69) is 0 Å². The standard InChI is InChI=1S/C10H9F3O2/c1-5(10(14)15)7-4-6(9(12)13)2-3-8(7)11/h2-5,9H,1H3,(H,14,15). The lowest BCUT2D eigenvalue weighted by atomic mass is 9.98. The van der Waals surface area contributed by atoms with Gasteiger partial charge in [-0.1, -0.05) is 6.07 Å². The minimum atomic E-state index is -2.73. The Kier molecular flexibility index (Phi) is 3.34. The maximum absolute atomic E-state index is 13.1. The number of carboxylic acid groups (broad SMARTS) is 1. The highest BCUT2D eigenvalue weighted by atomic mass is 19.3. The minimum absolute atomic E-state index is 0.222. The predicted molar refractivity (Wildman–Crippen MR) is 47.4 cm³/mol. The maximum Gasteiger partial charge on any atom is 0.310 e. The number of carbonyl (C=O) groups is 1. The van der Waals surface area contributed by atoms with E-state index in [1.807, 2.05) is 0 Å². The van der Waals surface area contributed by atoms with Crippen LogP contribution in [0.3, 0.4) is 0 Å². The molecule has 0 aliphatic rings. The molecule has 0 saturated heterocycles. The molecule has 2 nitrogen and oxygen atoms in total. The molecule has 82 valence electrons. The van der Waals surface area contributed by atoms with Gasteiger partial charge in [-0.15, -0.1) is 0 Å². The van der Waals surface area contributed by atoms with Crippen molar-refractivity contribution in [3.05, 3.63) is 35.1 Å². The van der Waals surface area contributed by atoms with Crippen LogP contribution in [0.2, 0.25) is 0 Å². The van der Waals surface area contributed by atoms with Gasteiger partial charge in [-0.3, -0.25) is 4.79 Å². The van der Waals surface area contributed by atoms with Crippen LogP contribution in [0.4, 0.5) is 13.2 Å². The highest BCUT2D eigenvalue weighted by Gasteiger charge is 2.20. The van der Waals surface area contributed by atoms with E-state index in [4.69, 9.17) is 5.11 Å². The lowest BCUT2D eigenvalue weighted by Gasteiger charge is -2.09. The molecule has 0 radical (unpaired) electrons. The first kappa shape index (κ1) is 11.6. The van der Waals surface area contributed by atoms with E-state index in [9.17, 15) is 18.0 Å². The maximum atomic E-state index is 13.1. The lowest BCUT2D eigenvalue weighted by Crippen LogP contribution is -2.09. The molecule has 5 heteroatoms. The Morgan fingerprint density at radius 2 is 2.00 bits per heavy atom. The molecule has 0 aliphatic carbocycles. The summed E-state index contributed by atoms with van der Waals surface area (Å²) in [5.74, 6) is -3.17. The molecular weight excluding hydrogens is 209 g/mol. The summed E-state index contributed by atoms with van der Waals surface area (Å²) < 4.78 is 37.7. The van der Waals surface area contributed by atoms with E-state index in [1.165, 1.54) is 6.92 Å². The van der Waals surface area contributed by atoms with Gasteiger partial charge < -0.3 is 5.11 Å². The Balaban J connectivity index is 3.16. The molecule has 0 heterocycles. The Morgan fingerprint density at radius 1 is 1.40 bits per heavy atom. The van der Waals surface area contributed by atoms with Gasteiger partial charge in [-0.2, -0.15) is 0 Å². The van der Waals surface area contributed by atoms with E-state index in [-0.39, 0.29) is 11.1 Å². The molecule has 0 aliphatic heterocycles. The monoisotopic (exact) mass is 218 g/mol. The second kappa shape index (κ2) is 4.33. The highest BCUT2D eigenvalue weighted by Crippen LogP contribution is 2.25. The summed E-state index contributed by atoms with van der Waals surface area (Å²) in [5.41, 5.74) is -0.597. The molecule has 1 aromatic rings. The average Bonchev–Trinajstić information content (AvgIpc) is 2.16. The summed E-state index contributed by atoms with van der Waals surface area (Å²) in [6.45, 7) is 1.25. The van der Waals surface area contributed by atoms with Gasteiger partial charge in [0.2, 0.25) is 0 Å². The molecular formula is C10H9F3O2. The van der Waals surface area contributed by atoms with Crippen LogP contribution in [0.25, 0.3) is 0 Å². The van der Waals surface area contributed by atoms with Crippen molar-refractivity contribution in [1.29, 1.82) is 0 Å². The highest BCUT2D eigenvalue weighted by molar-refractivity contribution is 5.75. The Hall–Kier alpha value is -1.52. The minimum Gasteiger partial charge on any atom is -0.481 e. The van der Waals surface area contributed by atoms with Crippen molar-refractivity contribution in [3.63, 3.8) is 0 Å². The quantitative estimate of drug-likeness (QED) is 0.846. The Labute approximate surface area is 84.3 Å². The Bertz CT molecular complexity index is 377. The number of hydrogen-bond acceptors (Lipinski definition) is 1. The first-order chi connectivity index (χ1) is 6.93. The first-order valence-electron chi connectivity index (χ1n) is 4.23. The molecule has 1 rings (SSSR count). The predicted octanol–water partition coefficient (Wildman–Crippen LogP) is 2.95. The molecule has 0 saturated carbocycles. The topological polar surface area (TPSA) is 37.3 Å². The van der Waals surface area contributed by atoms with Crippen LogP contribution < -0.4 is 0 Å². The Morgan fingerprint density at radius 3 is 2.47 bits per heavy atom. The molecule has 0 aromatic heterocycles. The molecule has 0 fully saturated rings. The summed E-state index contributed by atoms with van der Waals surface area (Å²) in [6.07, 6.45) is -2.73. The number of alkyl halides is 2. The van der Waals surface area contributed by atoms with E-state index in [1.54, 1.807) is 0 Å². The number of carboxylic acids is 1. The first-order valence-corrected chi connectivity index (χ1v) is 4.23. The molecule has 1 N–H and O–H groups in total. The van der Waals surface area contributed by atoms with E-state index in [0.29, 0.717) is 0 Å². The van der Waals surface area contributed by atoms with Gasteiger partial charge in [0.1, 0.15) is 5.82 Å². The van der Waals surface area contributed by atoms with Crippen molar-refractivity contribution >= 4 is 5.97 Å². The fourth-order valence-electron chi connectivity index (χ4n) is 1.16. The zero-order chi connectivity index (χ0) is 11.6. The zero-order valence-electron chi connectivity index (χ0n) is 7.88. The molecule has 0 spiro atoms. The largest absolute Gasteiger partial charge is 0.481 e. The van der Waals surface area contributed by atoms with Crippen LogP contribution >= 0.6 is 0 Å². The third-order valence-electron chi connectivity index (χ3n) is 2.11. The van der Waals surface area contributed by atoms with Gasteiger partial charge in [0, 0.05) is 11.1 Å². The summed E-state index contributed by atoms with van der Waals surface area (Å²) in [4.78, 5) is 10.6. The molecule has 15 heavy (non-hydrogen) atoms. The van der Waals surface area contributed by atoms with Gasteiger partial charge in [0.15, 0.2) is 0 Å². The third kappa shape index (κ3) is 2.49. The summed E-state index contributed by atoms with van der Waals surface area (Å²) in [7, 11) is 0. The number of rotatable bonds is 3. The molecule has 1 atom stereocenters. The van der Waals surface area contributed by atoms with Crippen LogP contribution in [0.1, 0.15) is 30.4 Å². The lowest BCUT2D eigenvalue weighted by molar-refractivity contribution is -0.138. The fraction of sp³-hybridized carbons (Fsp3) is 0.300. The molecule has 0 bridgehead atoms. The van der Waals surface area contributed by atoms with Crippen LogP contribution in [0.15, 0.2) is 18.2 Å². The third-order valence-corrected chi connectivity index (χ3v) is 2.11. The number of benzene rings is 1. The average molecular weight is 218 g/mol. The van der Waals surface area contributed by atoms with E-state index >= 15 is 0 Å². The van der Waals surface area contributed by atoms with Crippen molar-refractivity contribution in [2.45, 2.75) is 19.3 Å². The smallest absolute Gasteiger partial charge is 0.310 e. The zero-order valence-corrected chi connectivity index (χ0v) is 7.88. The van der Waals surface area contributed by atoms with Gasteiger partial charge in [0.05, 0.1) is 5.92 Å². The molecule has 1 unspecified atom stereocenters. The van der Waals surface area contributed by atoms with Crippen LogP contribution in [0, 0.1) is 5.82 Å². The van der Waals surface area contributed by atoms with Gasteiger partial charge in [-0.25, -0.2) is 13.2 Å². The summed E-state index contributed by atoms with van der Waals surface area (Å²) in [5, 5.41) is 8.64. The van der Waals surface area contributed by atoms with Gasteiger partial charge in [0.25, 0.3) is 6.43 Å². The summed E-state index contributed by atoms with van der Waals surface area (Å²) >= 11 is 0. The van der Waals surface area contributed by atoms with Gasteiger partial charge >= 0.3 is 5.97 Å². The SMILES string of the molecule is CC(C(=O)O)c1cc(C(F)F)ccc1F. The van der Waals surface area contributed by atoms with Crippen LogP contribution in [-0.2, 0) is 4.79 Å². The van der Waals surface area contributed by atoms with Crippen LogP contribution in [-0.4, -0.2) is 11.1 Å². The van der Waals surface area contributed by atoms with Crippen molar-refractivity contribution in [1.82, 2.24) is 0 Å². The van der Waals surface area contributed by atoms with Crippen LogP contribution in [0.5, 0.6) is 0 Å². The number of hydrogen-bond donors (Lipinski definition) is 1. The number of halogens is 3. The van der Waals surface area contributed by atoms with E-state index in [0.717, 1.165) is 18.2 Å². The van der Waals surface area contributed by atoms with E-state index < -0.39 is 24.1 Å². The van der Waals surface area contributed by atoms with Gasteiger partial charge in [-0.05, 0) is 19.1 Å². The number of aliphatic carboxylic acids is 1. The molecule has 0 amide bonds. The van der Waals surface area contributed by atoms with Crippen molar-refractivity contribution in [2.24, 2.45) is 0 Å². The second-order valence-electron chi connectivity index (χ2n) is 3.14. The second-order valence-corrected chi connectivity index (χ2v) is 3.14. The van der Waals surface area contributed by atoms with Crippen molar-refractivity contribution < 1.29 is 23.1 Å².